The van der Waals surface area contributed by atoms with Crippen LogP contribution in [0, 0.1) is 29.1 Å². The summed E-state index contributed by atoms with van der Waals surface area (Å²) < 4.78 is 0. The zero-order valence-corrected chi connectivity index (χ0v) is 9.17. The van der Waals surface area contributed by atoms with E-state index >= 15 is 0 Å². The second-order valence-corrected chi connectivity index (χ2v) is 6.57. The molecule has 0 heteroatoms. The highest BCUT2D eigenvalue weighted by molar-refractivity contribution is 5.10. The number of hydrogen-bond acceptors (Lipinski definition) is 0. The van der Waals surface area contributed by atoms with Crippen molar-refractivity contribution in [3.8, 4) is 0 Å². The average Bonchev–Trinajstić information content (AvgIpc) is 2.79. The lowest BCUT2D eigenvalue weighted by Gasteiger charge is -2.31. The molecule has 1 spiro atoms. The Bertz CT molecular complexity index is 257. The lowest BCUT2D eigenvalue weighted by molar-refractivity contribution is 0.173. The van der Waals surface area contributed by atoms with Crippen molar-refractivity contribution < 1.29 is 0 Å². The van der Waals surface area contributed by atoms with Gasteiger partial charge in [0.25, 0.3) is 0 Å². The summed E-state index contributed by atoms with van der Waals surface area (Å²) in [5.41, 5.74) is 0.912. The third kappa shape index (κ3) is 0.785. The van der Waals surface area contributed by atoms with Crippen LogP contribution in [0.25, 0.3) is 0 Å². The Morgan fingerprint density at radius 3 is 2.86 bits per heavy atom. The van der Waals surface area contributed by atoms with Gasteiger partial charge in [0.15, 0.2) is 0 Å². The van der Waals surface area contributed by atoms with Crippen LogP contribution in [0.15, 0.2) is 0 Å². The molecule has 4 aliphatic carbocycles. The molecule has 5 unspecified atom stereocenters. The molecule has 0 aromatic heterocycles. The fourth-order valence-corrected chi connectivity index (χ4v) is 6.15. The molecule has 0 amide bonds. The van der Waals surface area contributed by atoms with Crippen LogP contribution in [0.2, 0.25) is 0 Å². The normalized spacial score (nSPS) is 60.0. The zero-order chi connectivity index (χ0) is 9.17. The summed E-state index contributed by atoms with van der Waals surface area (Å²) in [6, 6.07) is 0. The molecule has 5 atom stereocenters. The summed E-state index contributed by atoms with van der Waals surface area (Å²) in [6.45, 7) is 0. The van der Waals surface area contributed by atoms with Crippen molar-refractivity contribution in [3.05, 3.63) is 0 Å². The minimum Gasteiger partial charge on any atom is -0.0527 e. The third-order valence-electron chi connectivity index (χ3n) is 6.45. The van der Waals surface area contributed by atoms with E-state index < -0.39 is 0 Å². The maximum atomic E-state index is 1.66. The molecular formula is C14H22. The smallest absolute Gasteiger partial charge is 0.0235 e. The first-order valence-corrected chi connectivity index (χ1v) is 6.90. The second kappa shape index (κ2) is 2.57. The van der Waals surface area contributed by atoms with E-state index in [1.165, 1.54) is 23.7 Å². The summed E-state index contributed by atoms with van der Waals surface area (Å²) in [5.74, 6) is 4.75. The van der Waals surface area contributed by atoms with Crippen LogP contribution < -0.4 is 0 Å². The molecule has 0 aromatic carbocycles. The van der Waals surface area contributed by atoms with Gasteiger partial charge >= 0.3 is 0 Å². The Balaban J connectivity index is 1.73. The zero-order valence-electron chi connectivity index (χ0n) is 9.17. The average molecular weight is 190 g/mol. The third-order valence-corrected chi connectivity index (χ3v) is 6.45. The molecule has 0 saturated heterocycles. The minimum atomic E-state index is 0.912. The van der Waals surface area contributed by atoms with Crippen LogP contribution in [-0.4, -0.2) is 0 Å². The predicted octanol–water partition coefficient (Wildman–Crippen LogP) is 4.00. The minimum absolute atomic E-state index is 0.912. The maximum absolute atomic E-state index is 1.66. The van der Waals surface area contributed by atoms with E-state index in [1.807, 2.05) is 0 Å². The summed E-state index contributed by atoms with van der Waals surface area (Å²) in [5, 5.41) is 0. The van der Waals surface area contributed by atoms with Crippen LogP contribution >= 0.6 is 0 Å². The molecule has 14 heavy (non-hydrogen) atoms. The van der Waals surface area contributed by atoms with Crippen molar-refractivity contribution in [2.45, 2.75) is 57.8 Å². The first kappa shape index (κ1) is 8.19. The Labute approximate surface area is 87.5 Å². The van der Waals surface area contributed by atoms with Crippen LogP contribution in [-0.2, 0) is 0 Å². The van der Waals surface area contributed by atoms with Crippen LogP contribution in [0.4, 0.5) is 0 Å². The highest BCUT2D eigenvalue weighted by Crippen LogP contribution is 2.70. The molecule has 4 saturated carbocycles. The molecular weight excluding hydrogens is 168 g/mol. The van der Waals surface area contributed by atoms with E-state index in [9.17, 15) is 0 Å². The van der Waals surface area contributed by atoms with Gasteiger partial charge in [-0.3, -0.25) is 0 Å². The fourth-order valence-electron chi connectivity index (χ4n) is 6.15. The molecule has 0 aromatic rings. The Kier molecular flexibility index (Phi) is 1.50. The molecule has 4 rings (SSSR count). The molecule has 0 aliphatic heterocycles. The van der Waals surface area contributed by atoms with Gasteiger partial charge in [0.05, 0.1) is 0 Å². The van der Waals surface area contributed by atoms with E-state index in [2.05, 4.69) is 0 Å². The summed E-state index contributed by atoms with van der Waals surface area (Å²) in [7, 11) is 0. The van der Waals surface area contributed by atoms with Gasteiger partial charge in [-0.2, -0.15) is 0 Å². The van der Waals surface area contributed by atoms with E-state index in [0.29, 0.717) is 0 Å². The highest BCUT2D eigenvalue weighted by atomic mass is 14.7. The second-order valence-electron chi connectivity index (χ2n) is 6.57. The van der Waals surface area contributed by atoms with Crippen LogP contribution in [0.3, 0.4) is 0 Å². The molecule has 0 radical (unpaired) electrons. The van der Waals surface area contributed by atoms with Crippen molar-refractivity contribution in [2.75, 3.05) is 0 Å². The van der Waals surface area contributed by atoms with E-state index in [0.717, 1.165) is 5.41 Å². The molecule has 4 fully saturated rings. The highest BCUT2D eigenvalue weighted by Gasteiger charge is 2.61. The Hall–Kier alpha value is 0. The molecule has 0 bridgehead atoms. The van der Waals surface area contributed by atoms with Crippen molar-refractivity contribution in [1.29, 1.82) is 0 Å². The number of hydrogen-bond donors (Lipinski definition) is 0. The van der Waals surface area contributed by atoms with Gasteiger partial charge < -0.3 is 0 Å². The molecule has 78 valence electrons. The van der Waals surface area contributed by atoms with Crippen LogP contribution in [0.5, 0.6) is 0 Å². The van der Waals surface area contributed by atoms with Gasteiger partial charge in [-0.15, -0.1) is 0 Å². The monoisotopic (exact) mass is 190 g/mol. The van der Waals surface area contributed by atoms with E-state index in [-0.39, 0.29) is 0 Å². The molecule has 0 N–H and O–H groups in total. The first-order chi connectivity index (χ1) is 6.90. The predicted molar refractivity (Wildman–Crippen MR) is 57.9 cm³/mol. The van der Waals surface area contributed by atoms with E-state index in [4.69, 9.17) is 0 Å². The Morgan fingerprint density at radius 1 is 0.857 bits per heavy atom. The van der Waals surface area contributed by atoms with Gasteiger partial charge in [-0.1, -0.05) is 19.3 Å². The number of fused-ring (bicyclic) bond motifs is 2. The van der Waals surface area contributed by atoms with Crippen molar-refractivity contribution in [1.82, 2.24) is 0 Å². The van der Waals surface area contributed by atoms with Crippen molar-refractivity contribution >= 4 is 0 Å². The molecule has 4 aliphatic rings. The van der Waals surface area contributed by atoms with Gasteiger partial charge in [-0.05, 0) is 67.6 Å². The number of rotatable bonds is 0. The summed E-state index contributed by atoms with van der Waals surface area (Å²) in [4.78, 5) is 0. The standard InChI is InChI=1S/C14H22/c1-3-10-9-14-8-2-4-11(14)6-7-13(14)12(10)5-1/h10-13H,1-9H2. The first-order valence-electron chi connectivity index (χ1n) is 6.90. The van der Waals surface area contributed by atoms with Crippen LogP contribution in [0.1, 0.15) is 57.8 Å². The summed E-state index contributed by atoms with van der Waals surface area (Å²) >= 11 is 0. The van der Waals surface area contributed by atoms with Gasteiger partial charge in [0.1, 0.15) is 0 Å². The van der Waals surface area contributed by atoms with Crippen molar-refractivity contribution in [3.63, 3.8) is 0 Å². The quantitative estimate of drug-likeness (QED) is 0.541. The largest absolute Gasteiger partial charge is 0.0527 e. The van der Waals surface area contributed by atoms with Gasteiger partial charge in [0.2, 0.25) is 0 Å². The molecule has 0 nitrogen and oxygen atoms in total. The summed E-state index contributed by atoms with van der Waals surface area (Å²) in [6.07, 6.45) is 14.4. The van der Waals surface area contributed by atoms with Crippen molar-refractivity contribution in [2.24, 2.45) is 29.1 Å². The fraction of sp³-hybridized carbons (Fsp3) is 1.00. The SMILES string of the molecule is C1CC2CC34CCCC3CCC4C2C1. The van der Waals surface area contributed by atoms with Gasteiger partial charge in [0, 0.05) is 0 Å². The maximum Gasteiger partial charge on any atom is -0.0235 e. The Morgan fingerprint density at radius 2 is 1.86 bits per heavy atom. The lowest BCUT2D eigenvalue weighted by atomic mass is 9.73. The molecule has 0 heterocycles. The topological polar surface area (TPSA) is 0 Å². The van der Waals surface area contributed by atoms with E-state index in [1.54, 1.807) is 57.8 Å². The van der Waals surface area contributed by atoms with Gasteiger partial charge in [-0.25, -0.2) is 0 Å². The lowest BCUT2D eigenvalue weighted by Crippen LogP contribution is -2.24.